The molecule has 1 saturated heterocycles. The highest BCUT2D eigenvalue weighted by Gasteiger charge is 2.31. The second-order valence-electron chi connectivity index (χ2n) is 5.74. The lowest BCUT2D eigenvalue weighted by molar-refractivity contribution is 0.0404. The zero-order valence-electron chi connectivity index (χ0n) is 13.2. The van der Waals surface area contributed by atoms with Crippen LogP contribution in [-0.4, -0.2) is 67.2 Å². The molecule has 1 fully saturated rings. The summed E-state index contributed by atoms with van der Waals surface area (Å²) in [7, 11) is -0.616. The van der Waals surface area contributed by atoms with E-state index < -0.39 is 22.4 Å². The number of hydrogen-bond acceptors (Lipinski definition) is 6. The quantitative estimate of drug-likeness (QED) is 0.733. The highest BCUT2D eigenvalue weighted by Crippen LogP contribution is 2.16. The number of nitrogens with one attached hydrogen (secondary N) is 1. The third-order valence-electron chi connectivity index (χ3n) is 3.80. The number of β-amino-alcohol motifs (C(OH)–C–C–N with tert-alkyl or cyclic N) is 1. The third kappa shape index (κ3) is 4.26. The summed E-state index contributed by atoms with van der Waals surface area (Å²) in [6.45, 7) is 3.65. The summed E-state index contributed by atoms with van der Waals surface area (Å²) in [4.78, 5) is 2.03. The minimum absolute atomic E-state index is 0.392. The summed E-state index contributed by atoms with van der Waals surface area (Å²) in [6, 6.07) is 1.44. The molecule has 2 rings (SSSR count). The lowest BCUT2D eigenvalue weighted by Gasteiger charge is -2.35. The molecule has 1 aromatic heterocycles. The molecule has 0 spiro atoms. The van der Waals surface area contributed by atoms with Gasteiger partial charge in [0.25, 0.3) is 10.2 Å². The van der Waals surface area contributed by atoms with Crippen LogP contribution in [-0.2, 0) is 23.2 Å². The van der Waals surface area contributed by atoms with Gasteiger partial charge in [0, 0.05) is 33.3 Å². The Balaban J connectivity index is 1.89. The number of hydrogen-bond donors (Lipinski definition) is 2. The number of nitrogens with zero attached hydrogens (tertiary/aromatic N) is 3. The summed E-state index contributed by atoms with van der Waals surface area (Å²) >= 11 is 0. The Morgan fingerprint density at radius 3 is 2.82 bits per heavy atom. The molecule has 126 valence electrons. The first-order valence-electron chi connectivity index (χ1n) is 7.36. The molecule has 1 aromatic rings. The Kier molecular flexibility index (Phi) is 5.56. The van der Waals surface area contributed by atoms with Crippen LogP contribution < -0.4 is 4.72 Å². The second kappa shape index (κ2) is 7.05. The maximum absolute atomic E-state index is 11.8. The van der Waals surface area contributed by atoms with Crippen molar-refractivity contribution < 1.29 is 18.0 Å². The Labute approximate surface area is 131 Å². The van der Waals surface area contributed by atoms with Crippen molar-refractivity contribution in [2.24, 2.45) is 0 Å². The standard InChI is InChI=1S/C13H24N4O4S/c1-4-10-7-11(21-14-10)8-17-6-5-12(13(18)9-17)15-22(19,20)16(2)3/h7,12-13,15,18H,4-6,8-9H2,1-3H3/t12-,13-/m1/s1. The maximum atomic E-state index is 11.8. The summed E-state index contributed by atoms with van der Waals surface area (Å²) in [5, 5.41) is 14.1. The summed E-state index contributed by atoms with van der Waals surface area (Å²) in [5.74, 6) is 0.761. The van der Waals surface area contributed by atoms with Gasteiger partial charge in [-0.15, -0.1) is 0 Å². The van der Waals surface area contributed by atoms with Crippen LogP contribution in [0.1, 0.15) is 24.8 Å². The number of rotatable bonds is 6. The van der Waals surface area contributed by atoms with Crippen LogP contribution in [0.2, 0.25) is 0 Å². The van der Waals surface area contributed by atoms with E-state index in [4.69, 9.17) is 4.52 Å². The molecule has 2 N–H and O–H groups in total. The normalized spacial score (nSPS) is 24.0. The molecule has 1 aliphatic rings. The number of aryl methyl sites for hydroxylation is 1. The molecule has 0 bridgehead atoms. The van der Waals surface area contributed by atoms with Crippen LogP contribution >= 0.6 is 0 Å². The third-order valence-corrected chi connectivity index (χ3v) is 5.36. The average Bonchev–Trinajstić information content (AvgIpc) is 2.89. The fraction of sp³-hybridized carbons (Fsp3) is 0.769. The molecule has 0 aliphatic carbocycles. The van der Waals surface area contributed by atoms with E-state index >= 15 is 0 Å². The van der Waals surface area contributed by atoms with Gasteiger partial charge >= 0.3 is 0 Å². The first-order valence-corrected chi connectivity index (χ1v) is 8.80. The van der Waals surface area contributed by atoms with Crippen LogP contribution in [0.5, 0.6) is 0 Å². The molecule has 2 heterocycles. The zero-order valence-corrected chi connectivity index (χ0v) is 14.0. The predicted octanol–water partition coefficient (Wildman–Crippen LogP) is -0.432. The largest absolute Gasteiger partial charge is 0.390 e. The van der Waals surface area contributed by atoms with E-state index in [1.807, 2.05) is 17.9 Å². The fourth-order valence-corrected chi connectivity index (χ4v) is 3.26. The molecule has 0 unspecified atom stereocenters. The average molecular weight is 332 g/mol. The van der Waals surface area contributed by atoms with Crippen LogP contribution in [0.15, 0.2) is 10.6 Å². The first-order chi connectivity index (χ1) is 10.3. The zero-order chi connectivity index (χ0) is 16.3. The highest BCUT2D eigenvalue weighted by atomic mass is 32.2. The fourth-order valence-electron chi connectivity index (χ4n) is 2.39. The van der Waals surface area contributed by atoms with Gasteiger partial charge in [0.05, 0.1) is 24.4 Å². The molecule has 8 nitrogen and oxygen atoms in total. The SMILES string of the molecule is CCc1cc(CN2CC[C@@H](NS(=O)(=O)N(C)C)[C@H](O)C2)on1. The minimum Gasteiger partial charge on any atom is -0.390 e. The van der Waals surface area contributed by atoms with Crippen molar-refractivity contribution in [1.82, 2.24) is 19.1 Å². The lowest BCUT2D eigenvalue weighted by Crippen LogP contribution is -2.55. The Hall–Kier alpha value is -1.00. The van der Waals surface area contributed by atoms with Crippen molar-refractivity contribution in [3.63, 3.8) is 0 Å². The summed E-state index contributed by atoms with van der Waals surface area (Å²) in [6.07, 6.45) is 0.612. The van der Waals surface area contributed by atoms with E-state index in [1.54, 1.807) is 0 Å². The van der Waals surface area contributed by atoms with Crippen LogP contribution in [0, 0.1) is 0 Å². The van der Waals surface area contributed by atoms with Crippen LogP contribution in [0.25, 0.3) is 0 Å². The van der Waals surface area contributed by atoms with Gasteiger partial charge < -0.3 is 9.63 Å². The molecule has 9 heteroatoms. The van der Waals surface area contributed by atoms with Gasteiger partial charge in [-0.3, -0.25) is 4.90 Å². The summed E-state index contributed by atoms with van der Waals surface area (Å²) in [5.41, 5.74) is 0.907. The van der Waals surface area contributed by atoms with Crippen molar-refractivity contribution in [3.8, 4) is 0 Å². The van der Waals surface area contributed by atoms with E-state index in [9.17, 15) is 13.5 Å². The minimum atomic E-state index is -3.53. The molecule has 22 heavy (non-hydrogen) atoms. The number of piperidine rings is 1. The van der Waals surface area contributed by atoms with Crippen molar-refractivity contribution in [1.29, 1.82) is 0 Å². The molecule has 2 atom stereocenters. The van der Waals surface area contributed by atoms with Crippen molar-refractivity contribution >= 4 is 10.2 Å². The van der Waals surface area contributed by atoms with E-state index in [2.05, 4.69) is 9.88 Å². The van der Waals surface area contributed by atoms with E-state index in [-0.39, 0.29) is 0 Å². The molecule has 0 saturated carbocycles. The Morgan fingerprint density at radius 1 is 1.55 bits per heavy atom. The number of aromatic nitrogens is 1. The predicted molar refractivity (Wildman–Crippen MR) is 81.3 cm³/mol. The van der Waals surface area contributed by atoms with Gasteiger partial charge in [-0.2, -0.15) is 17.4 Å². The van der Waals surface area contributed by atoms with Crippen molar-refractivity contribution in [2.75, 3.05) is 27.2 Å². The van der Waals surface area contributed by atoms with E-state index in [0.717, 1.165) is 22.2 Å². The van der Waals surface area contributed by atoms with Crippen LogP contribution in [0.3, 0.4) is 0 Å². The molecule has 0 aromatic carbocycles. The number of aliphatic hydroxyl groups excluding tert-OH is 1. The highest BCUT2D eigenvalue weighted by molar-refractivity contribution is 7.87. The Bertz CT molecular complexity index is 587. The Morgan fingerprint density at radius 2 is 2.27 bits per heavy atom. The van der Waals surface area contributed by atoms with Gasteiger partial charge in [0.15, 0.2) is 5.76 Å². The van der Waals surface area contributed by atoms with Gasteiger partial charge in [0.2, 0.25) is 0 Å². The van der Waals surface area contributed by atoms with Gasteiger partial charge in [0.1, 0.15) is 0 Å². The monoisotopic (exact) mass is 332 g/mol. The topological polar surface area (TPSA) is 98.9 Å². The van der Waals surface area contributed by atoms with Gasteiger partial charge in [-0.1, -0.05) is 12.1 Å². The molecular formula is C13H24N4O4S. The number of likely N-dealkylation sites (tertiary alicyclic amines) is 1. The van der Waals surface area contributed by atoms with Crippen LogP contribution in [0.4, 0.5) is 0 Å². The molecule has 0 amide bonds. The maximum Gasteiger partial charge on any atom is 0.279 e. The molecule has 0 radical (unpaired) electrons. The lowest BCUT2D eigenvalue weighted by atomic mass is 10.0. The van der Waals surface area contributed by atoms with E-state index in [1.165, 1.54) is 14.1 Å². The van der Waals surface area contributed by atoms with Crippen molar-refractivity contribution in [2.45, 2.75) is 38.5 Å². The molecule has 1 aliphatic heterocycles. The van der Waals surface area contributed by atoms with Crippen molar-refractivity contribution in [3.05, 3.63) is 17.5 Å². The smallest absolute Gasteiger partial charge is 0.279 e. The first kappa shape index (κ1) is 17.4. The molecular weight excluding hydrogens is 308 g/mol. The van der Waals surface area contributed by atoms with Gasteiger partial charge in [-0.25, -0.2) is 0 Å². The summed E-state index contributed by atoms with van der Waals surface area (Å²) < 4.78 is 32.5. The number of aliphatic hydroxyl groups is 1. The van der Waals surface area contributed by atoms with Gasteiger partial charge in [-0.05, 0) is 12.8 Å². The second-order valence-corrected chi connectivity index (χ2v) is 7.66. The van der Waals surface area contributed by atoms with E-state index in [0.29, 0.717) is 26.1 Å².